The van der Waals surface area contributed by atoms with E-state index in [1.165, 1.54) is 0 Å². The lowest BCUT2D eigenvalue weighted by molar-refractivity contribution is 0.0695. The van der Waals surface area contributed by atoms with E-state index in [1.54, 1.807) is 18.2 Å². The van der Waals surface area contributed by atoms with Gasteiger partial charge >= 0.3 is 5.97 Å². The highest BCUT2D eigenvalue weighted by Crippen LogP contribution is 2.24. The number of aryl methyl sites for hydroxylation is 1. The van der Waals surface area contributed by atoms with Crippen LogP contribution in [0.4, 0.5) is 5.69 Å². The molecule has 2 aromatic carbocycles. The van der Waals surface area contributed by atoms with Crippen molar-refractivity contribution >= 4 is 27.6 Å². The summed E-state index contributed by atoms with van der Waals surface area (Å²) in [6.45, 7) is 2.12. The van der Waals surface area contributed by atoms with Gasteiger partial charge in [-0.05, 0) is 36.8 Å². The molecule has 0 aliphatic carbocycles. The summed E-state index contributed by atoms with van der Waals surface area (Å²) in [4.78, 5) is 11.2. The predicted molar refractivity (Wildman–Crippen MR) is 81.0 cm³/mol. The average Bonchev–Trinajstić information content (AvgIpc) is 2.39. The Morgan fingerprint density at radius 2 is 2.10 bits per heavy atom. The first-order chi connectivity index (χ1) is 9.49. The SMILES string of the molecule is Cc1cc(OCc2cccc(N)c2C(=O)O)ccc1Br. The van der Waals surface area contributed by atoms with Gasteiger partial charge in [0.05, 0.1) is 5.56 Å². The summed E-state index contributed by atoms with van der Waals surface area (Å²) in [5.74, 6) is -0.363. The van der Waals surface area contributed by atoms with Crippen LogP contribution in [0.5, 0.6) is 5.75 Å². The Labute approximate surface area is 125 Å². The number of ether oxygens (including phenoxy) is 1. The molecule has 2 rings (SSSR count). The van der Waals surface area contributed by atoms with Crippen LogP contribution in [0, 0.1) is 6.92 Å². The zero-order valence-electron chi connectivity index (χ0n) is 10.9. The van der Waals surface area contributed by atoms with Gasteiger partial charge in [0, 0.05) is 15.7 Å². The number of hydrogen-bond donors (Lipinski definition) is 2. The third-order valence-electron chi connectivity index (χ3n) is 2.92. The summed E-state index contributed by atoms with van der Waals surface area (Å²) in [5, 5.41) is 9.18. The van der Waals surface area contributed by atoms with Gasteiger partial charge in [0.25, 0.3) is 0 Å². The zero-order valence-corrected chi connectivity index (χ0v) is 12.5. The quantitative estimate of drug-likeness (QED) is 0.837. The second kappa shape index (κ2) is 5.96. The van der Waals surface area contributed by atoms with Gasteiger partial charge in [0.15, 0.2) is 0 Å². The van der Waals surface area contributed by atoms with Crippen LogP contribution >= 0.6 is 15.9 Å². The second-order valence-electron chi connectivity index (χ2n) is 4.39. The fourth-order valence-corrected chi connectivity index (χ4v) is 2.12. The van der Waals surface area contributed by atoms with Crippen LogP contribution in [-0.2, 0) is 6.61 Å². The number of carboxylic acids is 1. The highest BCUT2D eigenvalue weighted by molar-refractivity contribution is 9.10. The highest BCUT2D eigenvalue weighted by atomic mass is 79.9. The molecule has 0 spiro atoms. The van der Waals surface area contributed by atoms with E-state index in [0.29, 0.717) is 11.3 Å². The zero-order chi connectivity index (χ0) is 14.7. The first kappa shape index (κ1) is 14.4. The molecule has 0 saturated heterocycles. The molecule has 0 aliphatic rings. The van der Waals surface area contributed by atoms with Gasteiger partial charge in [-0.2, -0.15) is 0 Å². The number of rotatable bonds is 4. The number of aromatic carboxylic acids is 1. The number of carbonyl (C=O) groups is 1. The lowest BCUT2D eigenvalue weighted by Crippen LogP contribution is -2.09. The lowest BCUT2D eigenvalue weighted by Gasteiger charge is -2.11. The van der Waals surface area contributed by atoms with Crippen LogP contribution in [0.2, 0.25) is 0 Å². The fraction of sp³-hybridized carbons (Fsp3) is 0.133. The monoisotopic (exact) mass is 335 g/mol. The molecule has 0 aliphatic heterocycles. The molecule has 0 fully saturated rings. The number of anilines is 1. The van der Waals surface area contributed by atoms with Gasteiger partial charge in [0.2, 0.25) is 0 Å². The van der Waals surface area contributed by atoms with Gasteiger partial charge in [0.1, 0.15) is 12.4 Å². The minimum Gasteiger partial charge on any atom is -0.489 e. The molecule has 0 saturated carbocycles. The van der Waals surface area contributed by atoms with Crippen molar-refractivity contribution in [3.8, 4) is 5.75 Å². The van der Waals surface area contributed by atoms with Gasteiger partial charge in [-0.1, -0.05) is 28.1 Å². The normalized spacial score (nSPS) is 10.3. The van der Waals surface area contributed by atoms with Crippen molar-refractivity contribution < 1.29 is 14.6 Å². The Morgan fingerprint density at radius 1 is 1.35 bits per heavy atom. The number of benzene rings is 2. The van der Waals surface area contributed by atoms with Crippen molar-refractivity contribution in [1.82, 2.24) is 0 Å². The van der Waals surface area contributed by atoms with Gasteiger partial charge < -0.3 is 15.6 Å². The number of nitrogen functional groups attached to an aromatic ring is 1. The molecule has 0 amide bonds. The van der Waals surface area contributed by atoms with Gasteiger partial charge in [-0.3, -0.25) is 0 Å². The van der Waals surface area contributed by atoms with Crippen molar-refractivity contribution in [2.75, 3.05) is 5.73 Å². The van der Waals surface area contributed by atoms with Crippen LogP contribution in [0.25, 0.3) is 0 Å². The van der Waals surface area contributed by atoms with Crippen molar-refractivity contribution in [1.29, 1.82) is 0 Å². The van der Waals surface area contributed by atoms with Crippen LogP contribution in [0.1, 0.15) is 21.5 Å². The highest BCUT2D eigenvalue weighted by Gasteiger charge is 2.14. The Bertz CT molecular complexity index is 656. The number of nitrogens with two attached hydrogens (primary N) is 1. The third kappa shape index (κ3) is 3.11. The molecule has 20 heavy (non-hydrogen) atoms. The van der Waals surface area contributed by atoms with E-state index in [4.69, 9.17) is 10.5 Å². The Kier molecular flexibility index (Phi) is 4.29. The maximum Gasteiger partial charge on any atom is 0.338 e. The van der Waals surface area contributed by atoms with E-state index >= 15 is 0 Å². The third-order valence-corrected chi connectivity index (χ3v) is 3.81. The molecule has 3 N–H and O–H groups in total. The molecular formula is C15H14BrNO3. The smallest absolute Gasteiger partial charge is 0.338 e. The van der Waals surface area contributed by atoms with Gasteiger partial charge in [-0.15, -0.1) is 0 Å². The van der Waals surface area contributed by atoms with Crippen molar-refractivity contribution in [3.63, 3.8) is 0 Å². The largest absolute Gasteiger partial charge is 0.489 e. The summed E-state index contributed by atoms with van der Waals surface area (Å²) in [7, 11) is 0. The maximum atomic E-state index is 11.2. The first-order valence-corrected chi connectivity index (χ1v) is 6.78. The molecule has 2 aromatic rings. The second-order valence-corrected chi connectivity index (χ2v) is 5.24. The van der Waals surface area contributed by atoms with E-state index in [0.717, 1.165) is 10.0 Å². The Morgan fingerprint density at radius 3 is 2.75 bits per heavy atom. The molecule has 0 heterocycles. The molecule has 0 unspecified atom stereocenters. The molecule has 0 radical (unpaired) electrons. The van der Waals surface area contributed by atoms with E-state index in [2.05, 4.69) is 15.9 Å². The van der Waals surface area contributed by atoms with E-state index in [1.807, 2.05) is 25.1 Å². The molecule has 5 heteroatoms. The minimum atomic E-state index is -1.05. The Hall–Kier alpha value is -2.01. The standard InChI is InChI=1S/C15H14BrNO3/c1-9-7-11(5-6-12(9)16)20-8-10-3-2-4-13(17)14(10)15(18)19/h2-7H,8,17H2,1H3,(H,18,19). The van der Waals surface area contributed by atoms with Crippen molar-refractivity contribution in [2.24, 2.45) is 0 Å². The minimum absolute atomic E-state index is 0.0985. The van der Waals surface area contributed by atoms with Crippen LogP contribution in [0.3, 0.4) is 0 Å². The molecule has 104 valence electrons. The summed E-state index contributed by atoms with van der Waals surface area (Å²) >= 11 is 3.42. The summed E-state index contributed by atoms with van der Waals surface area (Å²) < 4.78 is 6.63. The van der Waals surface area contributed by atoms with Crippen molar-refractivity contribution in [2.45, 2.75) is 13.5 Å². The molecule has 0 bridgehead atoms. The number of carboxylic acid groups (broad SMARTS) is 1. The van der Waals surface area contributed by atoms with Crippen LogP contribution < -0.4 is 10.5 Å². The van der Waals surface area contributed by atoms with Crippen LogP contribution in [0.15, 0.2) is 40.9 Å². The maximum absolute atomic E-state index is 11.2. The number of hydrogen-bond acceptors (Lipinski definition) is 3. The van der Waals surface area contributed by atoms with Crippen LogP contribution in [-0.4, -0.2) is 11.1 Å². The van der Waals surface area contributed by atoms with E-state index < -0.39 is 5.97 Å². The van der Waals surface area contributed by atoms with E-state index in [-0.39, 0.29) is 17.9 Å². The number of halogens is 1. The summed E-state index contributed by atoms with van der Waals surface area (Å²) in [6, 6.07) is 10.6. The molecular weight excluding hydrogens is 322 g/mol. The first-order valence-electron chi connectivity index (χ1n) is 5.98. The predicted octanol–water partition coefficient (Wildman–Crippen LogP) is 3.62. The lowest BCUT2D eigenvalue weighted by atomic mass is 10.1. The fourth-order valence-electron chi connectivity index (χ4n) is 1.87. The van der Waals surface area contributed by atoms with Gasteiger partial charge in [-0.25, -0.2) is 4.79 Å². The average molecular weight is 336 g/mol. The van der Waals surface area contributed by atoms with E-state index in [9.17, 15) is 9.90 Å². The van der Waals surface area contributed by atoms with Crippen molar-refractivity contribution in [3.05, 3.63) is 57.6 Å². The molecule has 0 aromatic heterocycles. The Balaban J connectivity index is 2.21. The summed E-state index contributed by atoms with van der Waals surface area (Å²) in [5.41, 5.74) is 7.64. The molecule has 0 atom stereocenters. The summed E-state index contributed by atoms with van der Waals surface area (Å²) in [6.07, 6.45) is 0. The topological polar surface area (TPSA) is 72.5 Å². The molecule has 4 nitrogen and oxygen atoms in total.